The Morgan fingerprint density at radius 3 is 2.46 bits per heavy atom. The van der Waals surface area contributed by atoms with E-state index in [1.165, 1.54) is 11.8 Å². The smallest absolute Gasteiger partial charge is 0.237 e. The molecule has 1 atom stereocenters. The van der Waals surface area contributed by atoms with E-state index in [-0.39, 0.29) is 11.2 Å². The van der Waals surface area contributed by atoms with Gasteiger partial charge < -0.3 is 10.1 Å². The molecule has 0 saturated heterocycles. The van der Waals surface area contributed by atoms with Crippen molar-refractivity contribution in [2.24, 2.45) is 0 Å². The van der Waals surface area contributed by atoms with Gasteiger partial charge in [-0.3, -0.25) is 4.79 Å². The molecule has 0 unspecified atom stereocenters. The van der Waals surface area contributed by atoms with Gasteiger partial charge >= 0.3 is 0 Å². The monoisotopic (exact) mass is 337 g/mol. The van der Waals surface area contributed by atoms with Crippen LogP contribution in [-0.4, -0.2) is 18.3 Å². The van der Waals surface area contributed by atoms with E-state index in [0.717, 1.165) is 27.1 Å². The van der Waals surface area contributed by atoms with E-state index < -0.39 is 0 Å². The summed E-state index contributed by atoms with van der Waals surface area (Å²) >= 11 is 1.53. The summed E-state index contributed by atoms with van der Waals surface area (Å²) in [6.07, 6.45) is 0. The van der Waals surface area contributed by atoms with Crippen molar-refractivity contribution in [2.75, 3.05) is 12.4 Å². The first-order valence-electron chi connectivity index (χ1n) is 7.77. The third-order valence-corrected chi connectivity index (χ3v) is 4.90. The van der Waals surface area contributed by atoms with Crippen molar-refractivity contribution >= 4 is 34.1 Å². The van der Waals surface area contributed by atoms with E-state index in [1.807, 2.05) is 73.7 Å². The number of hydrogen-bond donors (Lipinski definition) is 1. The summed E-state index contributed by atoms with van der Waals surface area (Å²) in [5, 5.41) is 5.01. The summed E-state index contributed by atoms with van der Waals surface area (Å²) in [6, 6.07) is 21.7. The van der Waals surface area contributed by atoms with E-state index in [2.05, 4.69) is 5.32 Å². The molecule has 1 N–H and O–H groups in total. The fraction of sp³-hybridized carbons (Fsp3) is 0.150. The summed E-state index contributed by atoms with van der Waals surface area (Å²) in [5.74, 6) is 0.805. The number of carbonyl (C=O) groups excluding carboxylic acids is 1. The number of fused-ring (bicyclic) bond motifs is 1. The number of rotatable bonds is 5. The highest BCUT2D eigenvalue weighted by Crippen LogP contribution is 2.28. The average molecular weight is 337 g/mol. The van der Waals surface area contributed by atoms with Crippen LogP contribution < -0.4 is 10.1 Å². The molecule has 24 heavy (non-hydrogen) atoms. The number of hydrogen-bond acceptors (Lipinski definition) is 3. The molecule has 3 nitrogen and oxygen atoms in total. The Morgan fingerprint density at radius 1 is 1.00 bits per heavy atom. The molecule has 1 amide bonds. The number of methoxy groups -OCH3 is 1. The third-order valence-electron chi connectivity index (χ3n) is 3.79. The van der Waals surface area contributed by atoms with Crippen LogP contribution in [0.1, 0.15) is 6.92 Å². The highest BCUT2D eigenvalue weighted by molar-refractivity contribution is 8.00. The van der Waals surface area contributed by atoms with Crippen molar-refractivity contribution in [1.29, 1.82) is 0 Å². The van der Waals surface area contributed by atoms with Gasteiger partial charge in [0.05, 0.1) is 12.4 Å². The lowest BCUT2D eigenvalue weighted by atomic mass is 10.1. The second kappa shape index (κ2) is 7.41. The average Bonchev–Trinajstić information content (AvgIpc) is 2.62. The molecule has 0 aromatic heterocycles. The van der Waals surface area contributed by atoms with Gasteiger partial charge in [0.2, 0.25) is 5.91 Å². The lowest BCUT2D eigenvalue weighted by Crippen LogP contribution is -2.22. The van der Waals surface area contributed by atoms with Crippen LogP contribution >= 0.6 is 11.8 Å². The number of benzene rings is 3. The van der Waals surface area contributed by atoms with Crippen molar-refractivity contribution in [3.8, 4) is 5.75 Å². The van der Waals surface area contributed by atoms with Crippen molar-refractivity contribution in [2.45, 2.75) is 17.1 Å². The van der Waals surface area contributed by atoms with Gasteiger partial charge in [0.15, 0.2) is 0 Å². The number of amides is 1. The van der Waals surface area contributed by atoms with Gasteiger partial charge in [0, 0.05) is 16.0 Å². The lowest BCUT2D eigenvalue weighted by molar-refractivity contribution is -0.115. The van der Waals surface area contributed by atoms with E-state index in [0.29, 0.717) is 0 Å². The second-order valence-corrected chi connectivity index (χ2v) is 6.87. The molecule has 0 fully saturated rings. The molecule has 0 radical (unpaired) electrons. The Hall–Kier alpha value is -2.46. The predicted molar refractivity (Wildman–Crippen MR) is 101 cm³/mol. The van der Waals surface area contributed by atoms with Crippen LogP contribution in [0.3, 0.4) is 0 Å². The second-order valence-electron chi connectivity index (χ2n) is 5.45. The van der Waals surface area contributed by atoms with Gasteiger partial charge in [-0.1, -0.05) is 36.4 Å². The van der Waals surface area contributed by atoms with Crippen molar-refractivity contribution in [1.82, 2.24) is 0 Å². The maximum Gasteiger partial charge on any atom is 0.237 e. The molecule has 4 heteroatoms. The highest BCUT2D eigenvalue weighted by Gasteiger charge is 2.15. The van der Waals surface area contributed by atoms with Crippen LogP contribution in [0.15, 0.2) is 71.6 Å². The highest BCUT2D eigenvalue weighted by atomic mass is 32.2. The van der Waals surface area contributed by atoms with Gasteiger partial charge in [-0.2, -0.15) is 0 Å². The van der Waals surface area contributed by atoms with Crippen LogP contribution in [0, 0.1) is 0 Å². The number of thioether (sulfide) groups is 1. The topological polar surface area (TPSA) is 38.3 Å². The van der Waals surface area contributed by atoms with Crippen molar-refractivity contribution < 1.29 is 9.53 Å². The molecule has 0 heterocycles. The third kappa shape index (κ3) is 3.71. The van der Waals surface area contributed by atoms with Gasteiger partial charge in [-0.25, -0.2) is 0 Å². The molecule has 0 spiro atoms. The Bertz CT molecular complexity index is 840. The minimum atomic E-state index is -0.197. The van der Waals surface area contributed by atoms with Crippen LogP contribution in [0.5, 0.6) is 5.75 Å². The SMILES string of the molecule is COc1ccc(S[C@H](C)C(=O)Nc2cccc3ccccc23)cc1. The van der Waals surface area contributed by atoms with Crippen LogP contribution in [-0.2, 0) is 4.79 Å². The maximum atomic E-state index is 12.5. The number of ether oxygens (including phenoxy) is 1. The number of nitrogens with one attached hydrogen (secondary N) is 1. The van der Waals surface area contributed by atoms with Crippen LogP contribution in [0.2, 0.25) is 0 Å². The van der Waals surface area contributed by atoms with E-state index in [4.69, 9.17) is 4.74 Å². The van der Waals surface area contributed by atoms with E-state index >= 15 is 0 Å². The Labute approximate surface area is 146 Å². The van der Waals surface area contributed by atoms with Gasteiger partial charge in [-0.15, -0.1) is 11.8 Å². The first-order chi connectivity index (χ1) is 11.7. The molecule has 0 bridgehead atoms. The summed E-state index contributed by atoms with van der Waals surface area (Å²) in [4.78, 5) is 13.6. The van der Waals surface area contributed by atoms with Gasteiger partial charge in [0.1, 0.15) is 5.75 Å². The Morgan fingerprint density at radius 2 is 1.71 bits per heavy atom. The minimum absolute atomic E-state index is 0.00725. The first-order valence-corrected chi connectivity index (χ1v) is 8.64. The zero-order chi connectivity index (χ0) is 16.9. The summed E-state index contributed by atoms with van der Waals surface area (Å²) in [5.41, 5.74) is 0.847. The normalized spacial score (nSPS) is 11.9. The van der Waals surface area contributed by atoms with Crippen molar-refractivity contribution in [3.05, 3.63) is 66.7 Å². The van der Waals surface area contributed by atoms with Crippen molar-refractivity contribution in [3.63, 3.8) is 0 Å². The largest absolute Gasteiger partial charge is 0.497 e. The van der Waals surface area contributed by atoms with E-state index in [1.54, 1.807) is 7.11 Å². The molecule has 0 saturated carbocycles. The molecule has 3 aromatic carbocycles. The fourth-order valence-electron chi connectivity index (χ4n) is 2.48. The molecule has 3 aromatic rings. The van der Waals surface area contributed by atoms with Gasteiger partial charge in [0.25, 0.3) is 0 Å². The Kier molecular flexibility index (Phi) is 5.06. The predicted octanol–water partition coefficient (Wildman–Crippen LogP) is 4.97. The molecule has 122 valence electrons. The number of anilines is 1. The standard InChI is InChI=1S/C20H19NO2S/c1-14(24-17-12-10-16(23-2)11-13-17)20(22)21-19-9-5-7-15-6-3-4-8-18(15)19/h3-14H,1-2H3,(H,21,22)/t14-/m1/s1. The minimum Gasteiger partial charge on any atom is -0.497 e. The first kappa shape index (κ1) is 16.4. The molecule has 0 aliphatic heterocycles. The zero-order valence-electron chi connectivity index (χ0n) is 13.7. The zero-order valence-corrected chi connectivity index (χ0v) is 14.5. The maximum absolute atomic E-state index is 12.5. The summed E-state index contributed by atoms with van der Waals surface area (Å²) in [7, 11) is 1.64. The Balaban J connectivity index is 1.71. The molecular formula is C20H19NO2S. The molecule has 3 rings (SSSR count). The molecule has 0 aliphatic rings. The summed E-state index contributed by atoms with van der Waals surface area (Å²) in [6.45, 7) is 1.91. The lowest BCUT2D eigenvalue weighted by Gasteiger charge is -2.14. The van der Waals surface area contributed by atoms with Crippen LogP contribution in [0.25, 0.3) is 10.8 Å². The molecule has 0 aliphatic carbocycles. The van der Waals surface area contributed by atoms with Gasteiger partial charge in [-0.05, 0) is 42.6 Å². The fourth-order valence-corrected chi connectivity index (χ4v) is 3.35. The quantitative estimate of drug-likeness (QED) is 0.668. The molecular weight excluding hydrogens is 318 g/mol. The van der Waals surface area contributed by atoms with Crippen LogP contribution in [0.4, 0.5) is 5.69 Å². The number of carbonyl (C=O) groups is 1. The van der Waals surface area contributed by atoms with E-state index in [9.17, 15) is 4.79 Å². The summed E-state index contributed by atoms with van der Waals surface area (Å²) < 4.78 is 5.15.